The van der Waals surface area contributed by atoms with Crippen LogP contribution in [0.5, 0.6) is 0 Å². The molecule has 0 aliphatic heterocycles. The van der Waals surface area contributed by atoms with Gasteiger partial charge in [0.25, 0.3) is 5.69 Å². The number of rotatable bonds is 5. The van der Waals surface area contributed by atoms with Gasteiger partial charge in [-0.25, -0.2) is 4.39 Å². The van der Waals surface area contributed by atoms with Crippen molar-refractivity contribution in [3.05, 3.63) is 34.1 Å². The lowest BCUT2D eigenvalue weighted by Crippen LogP contribution is -2.18. The normalized spacial score (nSPS) is 12.2. The zero-order chi connectivity index (χ0) is 12.1. The van der Waals surface area contributed by atoms with Crippen LogP contribution in [0.3, 0.4) is 0 Å². The molecule has 0 bridgehead atoms. The Bertz CT molecular complexity index is 387. The van der Waals surface area contributed by atoms with E-state index in [1.807, 2.05) is 13.2 Å². The SMILES string of the molecule is CSCC(C)Nc1cc(F)ccc1[N+](=O)[O-]. The molecule has 0 heterocycles. The number of anilines is 1. The van der Waals surface area contributed by atoms with Gasteiger partial charge in [-0.15, -0.1) is 0 Å². The van der Waals surface area contributed by atoms with Gasteiger partial charge < -0.3 is 5.32 Å². The summed E-state index contributed by atoms with van der Waals surface area (Å²) in [4.78, 5) is 10.2. The van der Waals surface area contributed by atoms with Crippen LogP contribution in [-0.4, -0.2) is 23.0 Å². The molecule has 1 atom stereocenters. The minimum atomic E-state index is -0.520. The van der Waals surface area contributed by atoms with Crippen LogP contribution in [0.1, 0.15) is 6.92 Å². The number of thioether (sulfide) groups is 1. The molecule has 0 fully saturated rings. The fourth-order valence-corrected chi connectivity index (χ4v) is 1.92. The number of benzene rings is 1. The lowest BCUT2D eigenvalue weighted by Gasteiger charge is -2.13. The number of hydrogen-bond donors (Lipinski definition) is 1. The highest BCUT2D eigenvalue weighted by molar-refractivity contribution is 7.98. The van der Waals surface area contributed by atoms with Gasteiger partial charge in [-0.2, -0.15) is 11.8 Å². The number of nitrogens with one attached hydrogen (secondary N) is 1. The fraction of sp³-hybridized carbons (Fsp3) is 0.400. The number of halogens is 1. The van der Waals surface area contributed by atoms with E-state index in [1.165, 1.54) is 6.07 Å². The van der Waals surface area contributed by atoms with Crippen LogP contribution >= 0.6 is 11.8 Å². The second kappa shape index (κ2) is 5.69. The van der Waals surface area contributed by atoms with E-state index < -0.39 is 10.7 Å². The predicted octanol–water partition coefficient (Wildman–Crippen LogP) is 2.90. The number of hydrogen-bond acceptors (Lipinski definition) is 4. The van der Waals surface area contributed by atoms with Crippen molar-refractivity contribution >= 4 is 23.1 Å². The van der Waals surface area contributed by atoms with Gasteiger partial charge in [-0.1, -0.05) is 0 Å². The summed E-state index contributed by atoms with van der Waals surface area (Å²) >= 11 is 1.62. The fourth-order valence-electron chi connectivity index (χ4n) is 1.34. The Morgan fingerprint density at radius 2 is 2.31 bits per heavy atom. The standard InChI is InChI=1S/C10H13FN2O2S/c1-7(6-16-2)12-9-5-8(11)3-4-10(9)13(14)15/h3-5,7,12H,6H2,1-2H3. The molecular weight excluding hydrogens is 231 g/mol. The Morgan fingerprint density at radius 3 is 2.88 bits per heavy atom. The zero-order valence-electron chi connectivity index (χ0n) is 9.07. The molecular formula is C10H13FN2O2S. The molecule has 0 saturated carbocycles. The van der Waals surface area contributed by atoms with Crippen molar-refractivity contribution in [2.24, 2.45) is 0 Å². The van der Waals surface area contributed by atoms with Gasteiger partial charge in [0.2, 0.25) is 0 Å². The van der Waals surface area contributed by atoms with Gasteiger partial charge in [0.15, 0.2) is 0 Å². The summed E-state index contributed by atoms with van der Waals surface area (Å²) in [6.45, 7) is 1.89. The summed E-state index contributed by atoms with van der Waals surface area (Å²) in [5, 5.41) is 13.6. The maximum Gasteiger partial charge on any atom is 0.292 e. The molecule has 88 valence electrons. The Balaban J connectivity index is 2.92. The van der Waals surface area contributed by atoms with E-state index in [0.717, 1.165) is 17.9 Å². The first-order chi connectivity index (χ1) is 7.54. The van der Waals surface area contributed by atoms with Crippen LogP contribution < -0.4 is 5.32 Å². The minimum Gasteiger partial charge on any atom is -0.376 e. The number of nitro groups is 1. The largest absolute Gasteiger partial charge is 0.376 e. The van der Waals surface area contributed by atoms with E-state index in [-0.39, 0.29) is 17.4 Å². The third-order valence-electron chi connectivity index (χ3n) is 1.97. The van der Waals surface area contributed by atoms with Crippen LogP contribution in [0, 0.1) is 15.9 Å². The van der Waals surface area contributed by atoms with Gasteiger partial charge in [0, 0.05) is 23.9 Å². The maximum absolute atomic E-state index is 13.0. The molecule has 0 aromatic heterocycles. The van der Waals surface area contributed by atoms with Gasteiger partial charge in [-0.05, 0) is 19.2 Å². The van der Waals surface area contributed by atoms with E-state index in [9.17, 15) is 14.5 Å². The minimum absolute atomic E-state index is 0.0514. The van der Waals surface area contributed by atoms with E-state index in [2.05, 4.69) is 5.32 Å². The third-order valence-corrected chi connectivity index (χ3v) is 2.81. The highest BCUT2D eigenvalue weighted by atomic mass is 32.2. The zero-order valence-corrected chi connectivity index (χ0v) is 9.88. The van der Waals surface area contributed by atoms with Crippen molar-refractivity contribution < 1.29 is 9.31 Å². The van der Waals surface area contributed by atoms with Crippen LogP contribution in [0.4, 0.5) is 15.8 Å². The van der Waals surface area contributed by atoms with Crippen LogP contribution in [-0.2, 0) is 0 Å². The average molecular weight is 244 g/mol. The molecule has 0 aliphatic rings. The van der Waals surface area contributed by atoms with Crippen LogP contribution in [0.25, 0.3) is 0 Å². The van der Waals surface area contributed by atoms with Crippen LogP contribution in [0.2, 0.25) is 0 Å². The van der Waals surface area contributed by atoms with E-state index >= 15 is 0 Å². The molecule has 0 saturated heterocycles. The monoisotopic (exact) mass is 244 g/mol. The van der Waals surface area contributed by atoms with Crippen LogP contribution in [0.15, 0.2) is 18.2 Å². The molecule has 0 spiro atoms. The molecule has 16 heavy (non-hydrogen) atoms. The molecule has 1 aromatic rings. The maximum atomic E-state index is 13.0. The summed E-state index contributed by atoms with van der Waals surface area (Å²) in [7, 11) is 0. The van der Waals surface area contributed by atoms with Crippen molar-refractivity contribution in [1.82, 2.24) is 0 Å². The molecule has 6 heteroatoms. The molecule has 0 aliphatic carbocycles. The van der Waals surface area contributed by atoms with Gasteiger partial charge in [-0.3, -0.25) is 10.1 Å². The molecule has 0 radical (unpaired) electrons. The quantitative estimate of drug-likeness (QED) is 0.639. The highest BCUT2D eigenvalue weighted by Crippen LogP contribution is 2.25. The van der Waals surface area contributed by atoms with E-state index in [4.69, 9.17) is 0 Å². The smallest absolute Gasteiger partial charge is 0.292 e. The lowest BCUT2D eigenvalue weighted by atomic mass is 10.2. The van der Waals surface area contributed by atoms with Crippen molar-refractivity contribution in [3.8, 4) is 0 Å². The summed E-state index contributed by atoms with van der Waals surface area (Å²) in [5.41, 5.74) is 0.126. The highest BCUT2D eigenvalue weighted by Gasteiger charge is 2.15. The van der Waals surface area contributed by atoms with Gasteiger partial charge in [0.05, 0.1) is 4.92 Å². The number of nitro benzene ring substituents is 1. The summed E-state index contributed by atoms with van der Waals surface area (Å²) in [6.07, 6.45) is 1.94. The molecule has 1 rings (SSSR count). The Hall–Kier alpha value is -1.30. The Kier molecular flexibility index (Phi) is 4.54. The summed E-state index contributed by atoms with van der Waals surface area (Å²) in [5.74, 6) is 0.317. The second-order valence-electron chi connectivity index (χ2n) is 3.42. The molecule has 1 aromatic carbocycles. The van der Waals surface area contributed by atoms with Gasteiger partial charge >= 0.3 is 0 Å². The van der Waals surface area contributed by atoms with E-state index in [1.54, 1.807) is 11.8 Å². The first-order valence-electron chi connectivity index (χ1n) is 4.74. The molecule has 4 nitrogen and oxygen atoms in total. The first-order valence-corrected chi connectivity index (χ1v) is 6.13. The summed E-state index contributed by atoms with van der Waals surface area (Å²) in [6, 6.07) is 3.46. The predicted molar refractivity (Wildman–Crippen MR) is 64.5 cm³/mol. The topological polar surface area (TPSA) is 55.2 Å². The van der Waals surface area contributed by atoms with Crippen molar-refractivity contribution in [2.45, 2.75) is 13.0 Å². The molecule has 1 N–H and O–H groups in total. The number of nitrogens with zero attached hydrogens (tertiary/aromatic N) is 1. The Labute approximate surface area is 97.4 Å². The summed E-state index contributed by atoms with van der Waals surface area (Å²) < 4.78 is 13.0. The first kappa shape index (κ1) is 12.8. The van der Waals surface area contributed by atoms with Crippen molar-refractivity contribution in [1.29, 1.82) is 0 Å². The second-order valence-corrected chi connectivity index (χ2v) is 4.33. The van der Waals surface area contributed by atoms with Crippen molar-refractivity contribution in [3.63, 3.8) is 0 Å². The lowest BCUT2D eigenvalue weighted by molar-refractivity contribution is -0.384. The van der Waals surface area contributed by atoms with Crippen molar-refractivity contribution in [2.75, 3.05) is 17.3 Å². The molecule has 0 amide bonds. The molecule has 1 unspecified atom stereocenters. The van der Waals surface area contributed by atoms with E-state index in [0.29, 0.717) is 0 Å². The average Bonchev–Trinajstić information content (AvgIpc) is 2.17. The Morgan fingerprint density at radius 1 is 1.62 bits per heavy atom. The van der Waals surface area contributed by atoms with Gasteiger partial charge in [0.1, 0.15) is 11.5 Å². The third kappa shape index (κ3) is 3.37.